The minimum absolute atomic E-state index is 0.138. The zero-order valence-electron chi connectivity index (χ0n) is 9.79. The summed E-state index contributed by atoms with van der Waals surface area (Å²) in [6.07, 6.45) is 0. The van der Waals surface area contributed by atoms with Crippen LogP contribution in [0.15, 0.2) is 30.3 Å². The monoisotopic (exact) mass is 275 g/mol. The molecule has 0 radical (unpaired) electrons. The summed E-state index contributed by atoms with van der Waals surface area (Å²) in [6, 6.07) is 6.84. The predicted molar refractivity (Wildman–Crippen MR) is 60.9 cm³/mol. The van der Waals surface area contributed by atoms with Gasteiger partial charge < -0.3 is 4.84 Å². The van der Waals surface area contributed by atoms with E-state index in [1.165, 1.54) is 12.1 Å². The fourth-order valence-electron chi connectivity index (χ4n) is 1.78. The van der Waals surface area contributed by atoms with E-state index in [1.54, 1.807) is 12.1 Å². The summed E-state index contributed by atoms with van der Waals surface area (Å²) >= 11 is 0. The van der Waals surface area contributed by atoms with E-state index in [0.29, 0.717) is 5.06 Å². The van der Waals surface area contributed by atoms with Crippen LogP contribution in [0.3, 0.4) is 0 Å². The maximum absolute atomic E-state index is 12.7. The number of nitrogens with one attached hydrogen (secondary N) is 1. The molecule has 0 saturated heterocycles. The Balaban J connectivity index is 1.85. The molecule has 1 aliphatic heterocycles. The van der Waals surface area contributed by atoms with E-state index >= 15 is 0 Å². The lowest BCUT2D eigenvalue weighted by molar-refractivity contribution is -0.0588. The molecule has 100 valence electrons. The molecule has 1 aliphatic rings. The van der Waals surface area contributed by atoms with Crippen molar-refractivity contribution in [1.82, 2.24) is 15.3 Å². The minimum atomic E-state index is -1.11. The van der Waals surface area contributed by atoms with E-state index in [0.717, 1.165) is 6.07 Å². The highest BCUT2D eigenvalue weighted by Gasteiger charge is 2.39. The van der Waals surface area contributed by atoms with E-state index in [2.05, 4.69) is 9.94 Å². The van der Waals surface area contributed by atoms with Gasteiger partial charge in [0, 0.05) is 6.07 Å². The quantitative estimate of drug-likeness (QED) is 0.822. The third-order valence-electron chi connectivity index (χ3n) is 2.69. The lowest BCUT2D eigenvalue weighted by Gasteiger charge is -2.11. The number of hydroxylamine groups is 2. The highest BCUT2D eigenvalue weighted by molar-refractivity contribution is 6.21. The Morgan fingerprint density at radius 1 is 1.20 bits per heavy atom. The number of aromatic nitrogens is 2. The van der Waals surface area contributed by atoms with E-state index in [4.69, 9.17) is 0 Å². The number of aromatic amines is 1. The summed E-state index contributed by atoms with van der Waals surface area (Å²) in [6.45, 7) is 0. The summed E-state index contributed by atoms with van der Waals surface area (Å²) in [5.41, 5.74) is -0.101. The zero-order chi connectivity index (χ0) is 14.3. The smallest absolute Gasteiger partial charge is 0.322 e. The van der Waals surface area contributed by atoms with Gasteiger partial charge in [0.05, 0.1) is 11.1 Å². The standard InChI is InChI=1S/C12H6FN3O4/c13-9-5-8(14-15-9)12(19)20-16-10(17)6-3-1-2-4-7(6)11(16)18/h1-5H,(H,14,15). The number of H-pyrrole nitrogens is 1. The minimum Gasteiger partial charge on any atom is -0.322 e. The van der Waals surface area contributed by atoms with Crippen molar-refractivity contribution in [3.05, 3.63) is 53.1 Å². The number of hydrogen-bond donors (Lipinski definition) is 1. The molecule has 7 nitrogen and oxygen atoms in total. The van der Waals surface area contributed by atoms with Crippen molar-refractivity contribution in [3.8, 4) is 0 Å². The number of rotatable bonds is 2. The van der Waals surface area contributed by atoms with Gasteiger partial charge in [-0.2, -0.15) is 9.49 Å². The molecule has 1 N–H and O–H groups in total. The molecule has 2 aromatic rings. The normalized spacial score (nSPS) is 13.6. The number of carbonyl (C=O) groups excluding carboxylic acids is 3. The maximum atomic E-state index is 12.7. The number of amides is 2. The number of halogens is 1. The largest absolute Gasteiger partial charge is 0.384 e. The molecule has 1 aromatic heterocycles. The van der Waals surface area contributed by atoms with Crippen LogP contribution in [0.5, 0.6) is 0 Å². The Kier molecular flexibility index (Phi) is 2.56. The molecular formula is C12H6FN3O4. The first-order valence-electron chi connectivity index (χ1n) is 5.49. The van der Waals surface area contributed by atoms with Gasteiger partial charge in [0.25, 0.3) is 11.8 Å². The summed E-state index contributed by atoms with van der Waals surface area (Å²) in [5, 5.41) is 5.57. The molecule has 0 aliphatic carbocycles. The van der Waals surface area contributed by atoms with E-state index in [-0.39, 0.29) is 16.8 Å². The number of nitrogens with zero attached hydrogens (tertiary/aromatic N) is 2. The van der Waals surface area contributed by atoms with Crippen LogP contribution in [0.25, 0.3) is 0 Å². The van der Waals surface area contributed by atoms with Crippen LogP contribution in [0.4, 0.5) is 4.39 Å². The number of imide groups is 1. The van der Waals surface area contributed by atoms with Crippen molar-refractivity contribution >= 4 is 17.8 Å². The third-order valence-corrected chi connectivity index (χ3v) is 2.69. The average molecular weight is 275 g/mol. The second kappa shape index (κ2) is 4.26. The van der Waals surface area contributed by atoms with Crippen LogP contribution in [0, 0.1) is 5.95 Å². The van der Waals surface area contributed by atoms with Crippen LogP contribution in [-0.2, 0) is 4.84 Å². The van der Waals surface area contributed by atoms with Crippen LogP contribution in [0.2, 0.25) is 0 Å². The topological polar surface area (TPSA) is 92.4 Å². The molecule has 0 fully saturated rings. The summed E-state index contributed by atoms with van der Waals surface area (Å²) in [4.78, 5) is 40.1. The number of benzene rings is 1. The SMILES string of the molecule is O=C(ON1C(=O)c2ccccc2C1=O)c1cc(F)[nH]n1. The second-order valence-electron chi connectivity index (χ2n) is 3.93. The summed E-state index contributed by atoms with van der Waals surface area (Å²) in [7, 11) is 0. The molecular weight excluding hydrogens is 269 g/mol. The van der Waals surface area contributed by atoms with Gasteiger partial charge >= 0.3 is 5.97 Å². The molecule has 2 heterocycles. The van der Waals surface area contributed by atoms with Crippen molar-refractivity contribution in [2.45, 2.75) is 0 Å². The molecule has 20 heavy (non-hydrogen) atoms. The Hall–Kier alpha value is -3.03. The van der Waals surface area contributed by atoms with Gasteiger partial charge in [0.2, 0.25) is 5.95 Å². The lowest BCUT2D eigenvalue weighted by Crippen LogP contribution is -2.32. The highest BCUT2D eigenvalue weighted by atomic mass is 19.1. The van der Waals surface area contributed by atoms with Crippen molar-refractivity contribution in [3.63, 3.8) is 0 Å². The molecule has 0 unspecified atom stereocenters. The predicted octanol–water partition coefficient (Wildman–Crippen LogP) is 0.917. The fourth-order valence-corrected chi connectivity index (χ4v) is 1.78. The number of carbonyl (C=O) groups is 3. The molecule has 0 saturated carbocycles. The molecule has 8 heteroatoms. The molecule has 3 rings (SSSR count). The molecule has 0 atom stereocenters. The van der Waals surface area contributed by atoms with Crippen molar-refractivity contribution in [1.29, 1.82) is 0 Å². The fraction of sp³-hybridized carbons (Fsp3) is 0. The van der Waals surface area contributed by atoms with E-state index in [1.807, 2.05) is 5.10 Å². The van der Waals surface area contributed by atoms with Gasteiger partial charge in [-0.3, -0.25) is 14.7 Å². The summed E-state index contributed by atoms with van der Waals surface area (Å²) in [5.74, 6) is -3.45. The van der Waals surface area contributed by atoms with Crippen LogP contribution in [-0.4, -0.2) is 33.0 Å². The van der Waals surface area contributed by atoms with E-state index in [9.17, 15) is 18.8 Å². The first-order valence-corrected chi connectivity index (χ1v) is 5.49. The average Bonchev–Trinajstić information content (AvgIpc) is 2.98. The Morgan fingerprint density at radius 3 is 2.30 bits per heavy atom. The number of hydrogen-bond acceptors (Lipinski definition) is 5. The van der Waals surface area contributed by atoms with Crippen molar-refractivity contribution < 1.29 is 23.6 Å². The number of fused-ring (bicyclic) bond motifs is 1. The molecule has 0 bridgehead atoms. The van der Waals surface area contributed by atoms with Gasteiger partial charge in [-0.25, -0.2) is 4.79 Å². The Morgan fingerprint density at radius 2 is 1.80 bits per heavy atom. The maximum Gasteiger partial charge on any atom is 0.384 e. The summed E-state index contributed by atoms with van der Waals surface area (Å²) < 4.78 is 12.7. The second-order valence-corrected chi connectivity index (χ2v) is 3.93. The zero-order valence-corrected chi connectivity index (χ0v) is 9.79. The van der Waals surface area contributed by atoms with Gasteiger partial charge in [-0.05, 0) is 12.1 Å². The van der Waals surface area contributed by atoms with Gasteiger partial charge in [0.15, 0.2) is 5.69 Å². The van der Waals surface area contributed by atoms with Gasteiger partial charge in [0.1, 0.15) is 0 Å². The first-order chi connectivity index (χ1) is 9.58. The molecule has 0 spiro atoms. The van der Waals surface area contributed by atoms with Crippen LogP contribution in [0.1, 0.15) is 31.2 Å². The Bertz CT molecular complexity index is 705. The van der Waals surface area contributed by atoms with Crippen LogP contribution < -0.4 is 0 Å². The third kappa shape index (κ3) is 1.74. The van der Waals surface area contributed by atoms with Gasteiger partial charge in [-0.15, -0.1) is 0 Å². The molecule has 1 aromatic carbocycles. The lowest BCUT2D eigenvalue weighted by atomic mass is 10.1. The Labute approximate surface area is 110 Å². The van der Waals surface area contributed by atoms with Crippen LogP contribution >= 0.6 is 0 Å². The van der Waals surface area contributed by atoms with Gasteiger partial charge in [-0.1, -0.05) is 17.2 Å². The van der Waals surface area contributed by atoms with Crippen molar-refractivity contribution in [2.24, 2.45) is 0 Å². The van der Waals surface area contributed by atoms with E-state index < -0.39 is 23.7 Å². The highest BCUT2D eigenvalue weighted by Crippen LogP contribution is 2.23. The molecule has 2 amide bonds. The van der Waals surface area contributed by atoms with Crippen molar-refractivity contribution in [2.75, 3.05) is 0 Å². The first kappa shape index (κ1) is 12.0.